The van der Waals surface area contributed by atoms with Crippen LogP contribution in [0.4, 0.5) is 0 Å². The van der Waals surface area contributed by atoms with E-state index in [0.717, 1.165) is 18.1 Å². The monoisotopic (exact) mass is 227 g/mol. The summed E-state index contributed by atoms with van der Waals surface area (Å²) in [5, 5.41) is 3.33. The van der Waals surface area contributed by atoms with Crippen molar-refractivity contribution in [3.05, 3.63) is 18.2 Å². The minimum Gasteiger partial charge on any atom is -0.334 e. The molecule has 0 aliphatic rings. The second kappa shape index (κ2) is 6.90. The fourth-order valence-electron chi connectivity index (χ4n) is 1.53. The summed E-state index contributed by atoms with van der Waals surface area (Å²) in [6.07, 6.45) is 5.17. The van der Waals surface area contributed by atoms with Gasteiger partial charge < -0.3 is 9.88 Å². The van der Waals surface area contributed by atoms with Crippen molar-refractivity contribution in [1.82, 2.24) is 14.9 Å². The van der Waals surface area contributed by atoms with Crippen molar-refractivity contribution >= 4 is 11.8 Å². The highest BCUT2D eigenvalue weighted by Gasteiger charge is 2.13. The number of thioether (sulfide) groups is 1. The van der Waals surface area contributed by atoms with Crippen LogP contribution in [0.5, 0.6) is 0 Å². The number of hydrogen-bond acceptors (Lipinski definition) is 3. The Balaban J connectivity index is 2.57. The normalized spacial score (nSPS) is 13.0. The molecule has 3 nitrogen and oxygen atoms in total. The van der Waals surface area contributed by atoms with Gasteiger partial charge in [0.1, 0.15) is 5.82 Å². The van der Waals surface area contributed by atoms with Gasteiger partial charge in [0.15, 0.2) is 0 Å². The zero-order chi connectivity index (χ0) is 11.1. The summed E-state index contributed by atoms with van der Waals surface area (Å²) in [6.45, 7) is 5.36. The van der Waals surface area contributed by atoms with Gasteiger partial charge in [-0.05, 0) is 26.1 Å². The molecule has 4 heteroatoms. The largest absolute Gasteiger partial charge is 0.334 e. The molecule has 1 aromatic heterocycles. The van der Waals surface area contributed by atoms with Gasteiger partial charge >= 0.3 is 0 Å². The Hall–Kier alpha value is -0.480. The van der Waals surface area contributed by atoms with E-state index in [-0.39, 0.29) is 0 Å². The molecule has 15 heavy (non-hydrogen) atoms. The summed E-state index contributed by atoms with van der Waals surface area (Å²) in [4.78, 5) is 4.42. The molecule has 1 rings (SSSR count). The van der Waals surface area contributed by atoms with E-state index in [9.17, 15) is 0 Å². The van der Waals surface area contributed by atoms with Crippen LogP contribution in [-0.2, 0) is 6.54 Å². The third-order valence-electron chi connectivity index (χ3n) is 2.38. The number of nitrogens with one attached hydrogen (secondary N) is 1. The van der Waals surface area contributed by atoms with Crippen molar-refractivity contribution in [1.29, 1.82) is 0 Å². The molecule has 0 amide bonds. The van der Waals surface area contributed by atoms with Crippen molar-refractivity contribution in [2.24, 2.45) is 0 Å². The summed E-state index contributed by atoms with van der Waals surface area (Å²) in [6, 6.07) is 0.372. The minimum absolute atomic E-state index is 0.372. The Morgan fingerprint density at radius 2 is 2.33 bits per heavy atom. The summed E-state index contributed by atoms with van der Waals surface area (Å²) in [5.74, 6) is 3.48. The lowest BCUT2D eigenvalue weighted by atomic mass is 10.3. The first-order valence-corrected chi connectivity index (χ1v) is 6.75. The van der Waals surface area contributed by atoms with Crippen LogP contribution >= 0.6 is 11.8 Å². The molecule has 0 aliphatic carbocycles. The number of nitrogens with zero attached hydrogens (tertiary/aromatic N) is 2. The van der Waals surface area contributed by atoms with Gasteiger partial charge in [-0.2, -0.15) is 11.8 Å². The minimum atomic E-state index is 0.372. The molecule has 0 aliphatic heterocycles. The van der Waals surface area contributed by atoms with E-state index < -0.39 is 0 Å². The maximum Gasteiger partial charge on any atom is 0.126 e. The molecule has 1 heterocycles. The van der Waals surface area contributed by atoms with Gasteiger partial charge in [0.25, 0.3) is 0 Å². The van der Waals surface area contributed by atoms with Crippen LogP contribution < -0.4 is 5.32 Å². The van der Waals surface area contributed by atoms with Crippen molar-refractivity contribution in [2.45, 2.75) is 32.9 Å². The molecule has 0 radical (unpaired) electrons. The van der Waals surface area contributed by atoms with E-state index in [4.69, 9.17) is 0 Å². The lowest BCUT2D eigenvalue weighted by Gasteiger charge is -2.16. The van der Waals surface area contributed by atoms with Crippen LogP contribution in [0.15, 0.2) is 12.4 Å². The highest BCUT2D eigenvalue weighted by atomic mass is 32.2. The summed E-state index contributed by atoms with van der Waals surface area (Å²) < 4.78 is 2.20. The molecule has 1 atom stereocenters. The number of rotatable bonds is 7. The lowest BCUT2D eigenvalue weighted by molar-refractivity contribution is 0.570. The maximum atomic E-state index is 4.42. The predicted octanol–water partition coefficient (Wildman–Crippen LogP) is 2.31. The maximum absolute atomic E-state index is 4.42. The third kappa shape index (κ3) is 3.54. The Morgan fingerprint density at radius 1 is 1.53 bits per heavy atom. The Morgan fingerprint density at radius 3 is 2.93 bits per heavy atom. The van der Waals surface area contributed by atoms with Gasteiger partial charge in [0.2, 0.25) is 0 Å². The molecule has 0 saturated carbocycles. The molecule has 0 aromatic carbocycles. The average Bonchev–Trinajstić information content (AvgIpc) is 2.72. The van der Waals surface area contributed by atoms with E-state index in [2.05, 4.69) is 28.7 Å². The SMILES string of the molecule is CCCSCC(NC)c1nccn1CC. The molecule has 86 valence electrons. The van der Waals surface area contributed by atoms with Crippen LogP contribution in [0.25, 0.3) is 0 Å². The van der Waals surface area contributed by atoms with Crippen molar-refractivity contribution in [2.75, 3.05) is 18.6 Å². The zero-order valence-electron chi connectivity index (χ0n) is 9.86. The molecule has 0 fully saturated rings. The van der Waals surface area contributed by atoms with E-state index >= 15 is 0 Å². The molecule has 0 spiro atoms. The fourth-order valence-corrected chi connectivity index (χ4v) is 2.54. The summed E-state index contributed by atoms with van der Waals surface area (Å²) in [5.41, 5.74) is 0. The highest BCUT2D eigenvalue weighted by Crippen LogP contribution is 2.17. The fraction of sp³-hybridized carbons (Fsp3) is 0.727. The topological polar surface area (TPSA) is 29.9 Å². The lowest BCUT2D eigenvalue weighted by Crippen LogP contribution is -2.23. The standard InChI is InChI=1S/C11H21N3S/c1-4-8-15-9-10(12-3)11-13-6-7-14(11)5-2/h6-7,10,12H,4-5,8-9H2,1-3H3. The summed E-state index contributed by atoms with van der Waals surface area (Å²) in [7, 11) is 2.01. The van der Waals surface area contributed by atoms with Crippen molar-refractivity contribution in [3.8, 4) is 0 Å². The van der Waals surface area contributed by atoms with Crippen molar-refractivity contribution in [3.63, 3.8) is 0 Å². The first-order chi connectivity index (χ1) is 7.33. The van der Waals surface area contributed by atoms with Gasteiger partial charge in [-0.1, -0.05) is 6.92 Å². The van der Waals surface area contributed by atoms with E-state index in [0.29, 0.717) is 6.04 Å². The van der Waals surface area contributed by atoms with Gasteiger partial charge in [-0.3, -0.25) is 0 Å². The molecule has 0 bridgehead atoms. The number of aryl methyl sites for hydroxylation is 1. The Labute approximate surface area is 96.7 Å². The molecule has 1 unspecified atom stereocenters. The van der Waals surface area contributed by atoms with Crippen LogP contribution in [-0.4, -0.2) is 28.1 Å². The average molecular weight is 227 g/mol. The molecular formula is C11H21N3S. The smallest absolute Gasteiger partial charge is 0.126 e. The van der Waals surface area contributed by atoms with E-state index in [1.807, 2.05) is 31.2 Å². The molecular weight excluding hydrogens is 206 g/mol. The molecule has 1 aromatic rings. The number of aromatic nitrogens is 2. The second-order valence-corrected chi connectivity index (χ2v) is 4.64. The van der Waals surface area contributed by atoms with Crippen LogP contribution in [0.2, 0.25) is 0 Å². The molecule has 1 N–H and O–H groups in total. The van der Waals surface area contributed by atoms with Gasteiger partial charge in [0.05, 0.1) is 6.04 Å². The van der Waals surface area contributed by atoms with Gasteiger partial charge in [-0.15, -0.1) is 0 Å². The van der Waals surface area contributed by atoms with E-state index in [1.165, 1.54) is 12.2 Å². The zero-order valence-corrected chi connectivity index (χ0v) is 10.7. The first kappa shape index (κ1) is 12.6. The van der Waals surface area contributed by atoms with Gasteiger partial charge in [-0.25, -0.2) is 4.98 Å². The van der Waals surface area contributed by atoms with Crippen LogP contribution in [0.3, 0.4) is 0 Å². The highest BCUT2D eigenvalue weighted by molar-refractivity contribution is 7.99. The first-order valence-electron chi connectivity index (χ1n) is 5.59. The Kier molecular flexibility index (Phi) is 5.79. The number of hydrogen-bond donors (Lipinski definition) is 1. The van der Waals surface area contributed by atoms with Crippen LogP contribution in [0.1, 0.15) is 32.1 Å². The second-order valence-electron chi connectivity index (χ2n) is 3.49. The summed E-state index contributed by atoms with van der Waals surface area (Å²) >= 11 is 1.99. The van der Waals surface area contributed by atoms with Crippen molar-refractivity contribution < 1.29 is 0 Å². The quantitative estimate of drug-likeness (QED) is 0.725. The van der Waals surface area contributed by atoms with E-state index in [1.54, 1.807) is 0 Å². The van der Waals surface area contributed by atoms with Gasteiger partial charge in [0, 0.05) is 24.7 Å². The number of imidazole rings is 1. The molecule has 0 saturated heterocycles. The third-order valence-corrected chi connectivity index (χ3v) is 3.65. The Bertz CT molecular complexity index is 273. The van der Waals surface area contributed by atoms with Crippen LogP contribution in [0, 0.1) is 0 Å². The predicted molar refractivity (Wildman–Crippen MR) is 67.3 cm³/mol.